The monoisotopic (exact) mass is 411 g/mol. The van der Waals surface area contributed by atoms with Crippen LogP contribution in [0.3, 0.4) is 0 Å². The summed E-state index contributed by atoms with van der Waals surface area (Å²) in [7, 11) is 0. The summed E-state index contributed by atoms with van der Waals surface area (Å²) >= 11 is 0. The third kappa shape index (κ3) is 7.70. The van der Waals surface area contributed by atoms with Gasteiger partial charge in [-0.15, -0.1) is 0 Å². The number of nitrogens with one attached hydrogen (secondary N) is 1. The third-order valence-electron chi connectivity index (χ3n) is 4.38. The lowest BCUT2D eigenvalue weighted by Crippen LogP contribution is -2.43. The van der Waals surface area contributed by atoms with Crippen LogP contribution in [0.5, 0.6) is 0 Å². The third-order valence-corrected chi connectivity index (χ3v) is 4.38. The molecule has 6 nitrogen and oxygen atoms in total. The van der Waals surface area contributed by atoms with Crippen LogP contribution >= 0.6 is 0 Å². The highest BCUT2D eigenvalue weighted by Crippen LogP contribution is 2.26. The first-order chi connectivity index (χ1) is 14.5. The highest BCUT2D eigenvalue weighted by molar-refractivity contribution is 5.81. The number of aldehydes is 1. The summed E-state index contributed by atoms with van der Waals surface area (Å²) in [4.78, 5) is 35.8. The first-order valence-electron chi connectivity index (χ1n) is 10.2. The fourth-order valence-electron chi connectivity index (χ4n) is 2.86. The van der Waals surface area contributed by atoms with Crippen LogP contribution in [0.25, 0.3) is 0 Å². The van der Waals surface area contributed by atoms with Crippen molar-refractivity contribution in [3.8, 4) is 0 Å². The Hall–Kier alpha value is -3.15. The van der Waals surface area contributed by atoms with Crippen molar-refractivity contribution in [1.82, 2.24) is 5.32 Å². The number of ether oxygens (including phenoxy) is 2. The number of hydrogen-bond acceptors (Lipinski definition) is 5. The first kappa shape index (κ1) is 23.1. The predicted octanol–water partition coefficient (Wildman–Crippen LogP) is 4.44. The van der Waals surface area contributed by atoms with Crippen molar-refractivity contribution >= 4 is 18.3 Å². The Morgan fingerprint density at radius 2 is 1.53 bits per heavy atom. The highest BCUT2D eigenvalue weighted by Gasteiger charge is 2.27. The smallest absolute Gasteiger partial charge is 0.407 e. The number of esters is 1. The molecule has 1 atom stereocenters. The Morgan fingerprint density at radius 1 is 0.967 bits per heavy atom. The van der Waals surface area contributed by atoms with Crippen molar-refractivity contribution in [2.75, 3.05) is 6.61 Å². The summed E-state index contributed by atoms with van der Waals surface area (Å²) < 4.78 is 11.0. The molecule has 0 bridgehead atoms. The molecule has 0 unspecified atom stereocenters. The summed E-state index contributed by atoms with van der Waals surface area (Å²) in [6.45, 7) is 4.10. The van der Waals surface area contributed by atoms with Crippen LogP contribution < -0.4 is 5.32 Å². The summed E-state index contributed by atoms with van der Waals surface area (Å²) in [5.41, 5.74) is 1.65. The van der Waals surface area contributed by atoms with Gasteiger partial charge in [0.1, 0.15) is 12.3 Å². The molecule has 1 amide bonds. The van der Waals surface area contributed by atoms with E-state index in [2.05, 4.69) is 5.32 Å². The van der Waals surface area contributed by atoms with Gasteiger partial charge in [0, 0.05) is 6.42 Å². The molecule has 0 heterocycles. The molecule has 0 saturated carbocycles. The molecule has 160 valence electrons. The zero-order valence-corrected chi connectivity index (χ0v) is 17.5. The molecule has 0 aliphatic heterocycles. The Morgan fingerprint density at radius 3 is 2.03 bits per heavy atom. The van der Waals surface area contributed by atoms with Crippen LogP contribution in [0.1, 0.15) is 50.3 Å². The largest absolute Gasteiger partial charge is 0.451 e. The Kier molecular flexibility index (Phi) is 9.58. The van der Waals surface area contributed by atoms with Gasteiger partial charge in [0.15, 0.2) is 6.10 Å². The van der Waals surface area contributed by atoms with E-state index in [4.69, 9.17) is 9.47 Å². The minimum atomic E-state index is -0.903. The number of benzene rings is 2. The van der Waals surface area contributed by atoms with E-state index in [1.165, 1.54) is 0 Å². The predicted molar refractivity (Wildman–Crippen MR) is 114 cm³/mol. The van der Waals surface area contributed by atoms with Gasteiger partial charge in [-0.2, -0.15) is 0 Å². The van der Waals surface area contributed by atoms with Crippen molar-refractivity contribution in [3.05, 3.63) is 71.8 Å². The number of unbranched alkanes of at least 4 members (excludes halogenated alkanes) is 1. The molecular formula is C24H29NO5. The quantitative estimate of drug-likeness (QED) is 0.336. The molecule has 1 N–H and O–H groups in total. The van der Waals surface area contributed by atoms with E-state index in [-0.39, 0.29) is 18.9 Å². The molecule has 0 spiro atoms. The minimum absolute atomic E-state index is 0.178. The lowest BCUT2D eigenvalue weighted by Gasteiger charge is -2.23. The van der Waals surface area contributed by atoms with Gasteiger partial charge < -0.3 is 19.6 Å². The molecule has 30 heavy (non-hydrogen) atoms. The molecule has 2 rings (SSSR count). The number of amides is 1. The average Bonchev–Trinajstić information content (AvgIpc) is 2.76. The van der Waals surface area contributed by atoms with Gasteiger partial charge in [-0.1, -0.05) is 74.5 Å². The lowest BCUT2D eigenvalue weighted by atomic mass is 10.0. The van der Waals surface area contributed by atoms with Crippen molar-refractivity contribution in [1.29, 1.82) is 0 Å². The minimum Gasteiger partial charge on any atom is -0.451 e. The van der Waals surface area contributed by atoms with Gasteiger partial charge in [-0.25, -0.2) is 9.59 Å². The maximum Gasteiger partial charge on any atom is 0.407 e. The normalized spacial score (nSPS) is 11.7. The van der Waals surface area contributed by atoms with E-state index in [1.54, 1.807) is 0 Å². The van der Waals surface area contributed by atoms with Crippen molar-refractivity contribution in [2.24, 2.45) is 5.92 Å². The van der Waals surface area contributed by atoms with Crippen molar-refractivity contribution in [2.45, 2.75) is 45.3 Å². The van der Waals surface area contributed by atoms with E-state index < -0.39 is 24.2 Å². The maximum atomic E-state index is 13.0. The second-order valence-corrected chi connectivity index (χ2v) is 7.43. The second kappa shape index (κ2) is 12.4. The van der Waals surface area contributed by atoms with E-state index >= 15 is 0 Å². The van der Waals surface area contributed by atoms with Crippen molar-refractivity contribution < 1.29 is 23.9 Å². The number of carbonyl (C=O) groups is 3. The van der Waals surface area contributed by atoms with E-state index in [9.17, 15) is 14.4 Å². The molecule has 2 aromatic rings. The van der Waals surface area contributed by atoms with E-state index in [0.29, 0.717) is 12.8 Å². The summed E-state index contributed by atoms with van der Waals surface area (Å²) in [5, 5.41) is 2.59. The molecule has 0 aliphatic carbocycles. The number of alkyl carbamates (subject to hydrolysis) is 1. The SMILES string of the molecule is CC(C)COC(=O)N[C@H](CCCC=O)C(=O)OC(c1ccccc1)c1ccccc1. The fourth-order valence-corrected chi connectivity index (χ4v) is 2.86. The van der Waals surface area contributed by atoms with Gasteiger partial charge in [0.05, 0.1) is 6.61 Å². The first-order valence-corrected chi connectivity index (χ1v) is 10.2. The zero-order valence-electron chi connectivity index (χ0n) is 17.5. The van der Waals surface area contributed by atoms with Gasteiger partial charge in [0.25, 0.3) is 0 Å². The Bertz CT molecular complexity index is 752. The van der Waals surface area contributed by atoms with Crippen LogP contribution in [0.2, 0.25) is 0 Å². The molecule has 6 heteroatoms. The van der Waals surface area contributed by atoms with Crippen LogP contribution in [0.15, 0.2) is 60.7 Å². The van der Waals surface area contributed by atoms with Gasteiger partial charge in [-0.3, -0.25) is 0 Å². The standard InChI is InChI=1S/C24H29NO5/c1-18(2)17-29-24(28)25-21(15-9-10-16-26)23(27)30-22(19-11-5-3-6-12-19)20-13-7-4-8-14-20/h3-8,11-14,16,18,21-22H,9-10,15,17H2,1-2H3,(H,25,28)/t21-/m1/s1. The molecule has 0 aromatic heterocycles. The molecular weight excluding hydrogens is 382 g/mol. The average molecular weight is 411 g/mol. The summed E-state index contributed by atoms with van der Waals surface area (Å²) in [5.74, 6) is -0.392. The fraction of sp³-hybridized carbons (Fsp3) is 0.375. The zero-order chi connectivity index (χ0) is 21.8. The molecule has 0 saturated heterocycles. The molecule has 0 radical (unpaired) electrons. The Balaban J connectivity index is 2.16. The van der Waals surface area contributed by atoms with Gasteiger partial charge >= 0.3 is 12.1 Å². The number of carbonyl (C=O) groups excluding carboxylic acids is 3. The second-order valence-electron chi connectivity index (χ2n) is 7.43. The highest BCUT2D eigenvalue weighted by atomic mass is 16.6. The maximum absolute atomic E-state index is 13.0. The Labute approximate surface area is 177 Å². The van der Waals surface area contributed by atoms with Crippen LogP contribution in [-0.2, 0) is 19.1 Å². The van der Waals surface area contributed by atoms with Gasteiger partial charge in [0.2, 0.25) is 0 Å². The van der Waals surface area contributed by atoms with Gasteiger partial charge in [-0.05, 0) is 29.9 Å². The van der Waals surface area contributed by atoms with E-state index in [1.807, 2.05) is 74.5 Å². The van der Waals surface area contributed by atoms with Crippen LogP contribution in [-0.4, -0.2) is 31.0 Å². The summed E-state index contributed by atoms with van der Waals surface area (Å²) in [6, 6.07) is 17.9. The van der Waals surface area contributed by atoms with E-state index in [0.717, 1.165) is 17.4 Å². The van der Waals surface area contributed by atoms with Crippen LogP contribution in [0.4, 0.5) is 4.79 Å². The topological polar surface area (TPSA) is 81.7 Å². The lowest BCUT2D eigenvalue weighted by molar-refractivity contribution is -0.150. The number of rotatable bonds is 11. The number of hydrogen-bond donors (Lipinski definition) is 1. The summed E-state index contributed by atoms with van der Waals surface area (Å²) in [6.07, 6.45) is 0.540. The molecule has 2 aromatic carbocycles. The van der Waals surface area contributed by atoms with Crippen LogP contribution in [0, 0.1) is 5.92 Å². The molecule has 0 fully saturated rings. The molecule has 0 aliphatic rings. The van der Waals surface area contributed by atoms with Crippen molar-refractivity contribution in [3.63, 3.8) is 0 Å².